The Labute approximate surface area is 154 Å². The van der Waals surface area contributed by atoms with Crippen LogP contribution in [0.4, 0.5) is 5.69 Å². The fraction of sp³-hybridized carbons (Fsp3) is 0.579. The molecule has 5 nitrogen and oxygen atoms in total. The molecule has 2 aromatic rings. The highest BCUT2D eigenvalue weighted by atomic mass is 35.5. The van der Waals surface area contributed by atoms with Crippen LogP contribution in [0.5, 0.6) is 0 Å². The number of carbonyl (C=O) groups excluding carboxylic acids is 1. The fourth-order valence-electron chi connectivity index (χ4n) is 3.56. The number of fused-ring (bicyclic) bond motifs is 1. The summed E-state index contributed by atoms with van der Waals surface area (Å²) in [4.78, 5) is 16.9. The highest BCUT2D eigenvalue weighted by Crippen LogP contribution is 2.40. The molecule has 1 aromatic carbocycles. The molecule has 2 atom stereocenters. The first kappa shape index (κ1) is 18.2. The van der Waals surface area contributed by atoms with Crippen LogP contribution in [0.3, 0.4) is 0 Å². The van der Waals surface area contributed by atoms with E-state index in [2.05, 4.69) is 22.5 Å². The Morgan fingerprint density at radius 3 is 2.96 bits per heavy atom. The molecular weight excluding hydrogens is 338 g/mol. The summed E-state index contributed by atoms with van der Waals surface area (Å²) in [6.45, 7) is 4.32. The van der Waals surface area contributed by atoms with Gasteiger partial charge in [-0.1, -0.05) is 6.92 Å². The van der Waals surface area contributed by atoms with Gasteiger partial charge in [-0.3, -0.25) is 4.79 Å². The zero-order valence-corrected chi connectivity index (χ0v) is 15.4. The van der Waals surface area contributed by atoms with Crippen LogP contribution in [0, 0.1) is 11.8 Å². The molecule has 1 aliphatic carbocycles. The number of carbonyl (C=O) groups is 1. The van der Waals surface area contributed by atoms with E-state index in [0.717, 1.165) is 35.8 Å². The van der Waals surface area contributed by atoms with Crippen LogP contribution in [-0.2, 0) is 4.79 Å². The van der Waals surface area contributed by atoms with Crippen molar-refractivity contribution in [3.63, 3.8) is 0 Å². The second-order valence-corrected chi connectivity index (χ2v) is 7.34. The fourth-order valence-corrected chi connectivity index (χ4v) is 3.56. The number of rotatable bonds is 5. The minimum atomic E-state index is 0. The summed E-state index contributed by atoms with van der Waals surface area (Å²) in [5.74, 6) is 2.42. The monoisotopic (exact) mass is 363 g/mol. The average Bonchev–Trinajstić information content (AvgIpc) is 3.35. The van der Waals surface area contributed by atoms with Crippen LogP contribution in [0.2, 0.25) is 0 Å². The summed E-state index contributed by atoms with van der Waals surface area (Å²) in [6, 6.07) is 5.71. The molecular formula is C19H26ClN3O2. The molecule has 1 aliphatic heterocycles. The first-order valence-corrected chi connectivity index (χ1v) is 9.10. The maximum atomic E-state index is 12.3. The van der Waals surface area contributed by atoms with E-state index in [9.17, 15) is 4.79 Å². The summed E-state index contributed by atoms with van der Waals surface area (Å²) < 4.78 is 5.77. The summed E-state index contributed by atoms with van der Waals surface area (Å²) in [7, 11) is 0. The van der Waals surface area contributed by atoms with Gasteiger partial charge in [0.15, 0.2) is 11.5 Å². The minimum Gasteiger partial charge on any atom is -0.440 e. The summed E-state index contributed by atoms with van der Waals surface area (Å²) in [5.41, 5.74) is 2.44. The van der Waals surface area contributed by atoms with Crippen molar-refractivity contribution < 1.29 is 9.21 Å². The molecule has 1 saturated heterocycles. The average molecular weight is 364 g/mol. The number of benzene rings is 1. The third kappa shape index (κ3) is 4.33. The number of anilines is 1. The lowest BCUT2D eigenvalue weighted by Gasteiger charge is -2.28. The van der Waals surface area contributed by atoms with Crippen molar-refractivity contribution in [1.29, 1.82) is 0 Å². The quantitative estimate of drug-likeness (QED) is 0.839. The van der Waals surface area contributed by atoms with Crippen molar-refractivity contribution in [3.8, 4) is 0 Å². The molecule has 0 spiro atoms. The molecule has 0 bridgehead atoms. The standard InChI is InChI=1S/C19H25N3O2.ClH/c1-12(14-3-2-8-20-11-14)9-18(23)21-15-6-7-17-16(10-15)22-19(24-17)13-4-5-13;/h6-7,10,12-14,20H,2-5,8-9,11H2,1H3,(H,21,23);1H. The highest BCUT2D eigenvalue weighted by molar-refractivity contribution is 5.92. The predicted octanol–water partition coefficient (Wildman–Crippen LogP) is 4.09. The smallest absolute Gasteiger partial charge is 0.224 e. The van der Waals surface area contributed by atoms with Crippen molar-refractivity contribution >= 4 is 35.1 Å². The third-order valence-corrected chi connectivity index (χ3v) is 5.26. The van der Waals surface area contributed by atoms with E-state index >= 15 is 0 Å². The molecule has 2 N–H and O–H groups in total. The number of hydrogen-bond donors (Lipinski definition) is 2. The van der Waals surface area contributed by atoms with Crippen LogP contribution in [0.15, 0.2) is 22.6 Å². The number of oxazole rings is 1. The normalized spacial score (nSPS) is 21.6. The Morgan fingerprint density at radius 1 is 1.40 bits per heavy atom. The van der Waals surface area contributed by atoms with E-state index in [0.29, 0.717) is 24.2 Å². The highest BCUT2D eigenvalue weighted by Gasteiger charge is 2.29. The number of halogens is 1. The second-order valence-electron chi connectivity index (χ2n) is 7.34. The Bertz CT molecular complexity index is 735. The Hall–Kier alpha value is -1.59. The lowest BCUT2D eigenvalue weighted by Crippen LogP contribution is -2.34. The van der Waals surface area contributed by atoms with Crippen molar-refractivity contribution in [2.75, 3.05) is 18.4 Å². The molecule has 25 heavy (non-hydrogen) atoms. The van der Waals surface area contributed by atoms with E-state index in [1.54, 1.807) is 0 Å². The minimum absolute atomic E-state index is 0. The topological polar surface area (TPSA) is 67.2 Å². The molecule has 4 rings (SSSR count). The predicted molar refractivity (Wildman–Crippen MR) is 101 cm³/mol. The van der Waals surface area contributed by atoms with Gasteiger partial charge in [0.1, 0.15) is 5.52 Å². The van der Waals surface area contributed by atoms with E-state index in [1.165, 1.54) is 25.7 Å². The van der Waals surface area contributed by atoms with Crippen LogP contribution in [0.25, 0.3) is 11.1 Å². The molecule has 2 unspecified atom stereocenters. The molecule has 1 amide bonds. The van der Waals surface area contributed by atoms with Gasteiger partial charge in [0.25, 0.3) is 0 Å². The largest absolute Gasteiger partial charge is 0.440 e. The van der Waals surface area contributed by atoms with Gasteiger partial charge in [0.05, 0.1) is 0 Å². The summed E-state index contributed by atoms with van der Waals surface area (Å²) >= 11 is 0. The van der Waals surface area contributed by atoms with Gasteiger partial charge in [-0.05, 0) is 68.8 Å². The van der Waals surface area contributed by atoms with Crippen molar-refractivity contribution in [2.45, 2.75) is 44.9 Å². The maximum Gasteiger partial charge on any atom is 0.224 e. The molecule has 1 aromatic heterocycles. The van der Waals surface area contributed by atoms with Crippen molar-refractivity contribution in [1.82, 2.24) is 10.3 Å². The first-order valence-electron chi connectivity index (χ1n) is 9.10. The van der Waals surface area contributed by atoms with Crippen LogP contribution in [0.1, 0.15) is 50.8 Å². The van der Waals surface area contributed by atoms with E-state index < -0.39 is 0 Å². The number of aromatic nitrogens is 1. The maximum absolute atomic E-state index is 12.3. The zero-order valence-electron chi connectivity index (χ0n) is 14.6. The summed E-state index contributed by atoms with van der Waals surface area (Å²) in [6.07, 6.45) is 5.34. The van der Waals surface area contributed by atoms with Gasteiger partial charge >= 0.3 is 0 Å². The van der Waals surface area contributed by atoms with Crippen molar-refractivity contribution in [3.05, 3.63) is 24.1 Å². The number of amides is 1. The van der Waals surface area contributed by atoms with Gasteiger partial charge in [-0.15, -0.1) is 12.4 Å². The molecule has 1 saturated carbocycles. The Morgan fingerprint density at radius 2 is 2.24 bits per heavy atom. The molecule has 136 valence electrons. The molecule has 2 fully saturated rings. The van der Waals surface area contributed by atoms with E-state index in [4.69, 9.17) is 4.42 Å². The first-order chi connectivity index (χ1) is 11.7. The second kappa shape index (κ2) is 7.75. The Kier molecular flexibility index (Phi) is 5.64. The zero-order chi connectivity index (χ0) is 16.5. The number of nitrogens with zero attached hydrogens (tertiary/aromatic N) is 1. The third-order valence-electron chi connectivity index (χ3n) is 5.26. The lowest BCUT2D eigenvalue weighted by atomic mass is 9.85. The van der Waals surface area contributed by atoms with Gasteiger partial charge < -0.3 is 15.1 Å². The van der Waals surface area contributed by atoms with Crippen LogP contribution in [-0.4, -0.2) is 24.0 Å². The summed E-state index contributed by atoms with van der Waals surface area (Å²) in [5, 5.41) is 6.44. The van der Waals surface area contributed by atoms with Gasteiger partial charge in [-0.2, -0.15) is 0 Å². The molecule has 6 heteroatoms. The Balaban J connectivity index is 0.00000182. The SMILES string of the molecule is CC(CC(=O)Nc1ccc2oc(C3CC3)nc2c1)C1CCCNC1.Cl. The molecule has 2 aliphatic rings. The van der Waals surface area contributed by atoms with Gasteiger partial charge in [0, 0.05) is 18.0 Å². The van der Waals surface area contributed by atoms with Gasteiger partial charge in [0.2, 0.25) is 5.91 Å². The number of piperidine rings is 1. The number of nitrogens with one attached hydrogen (secondary N) is 2. The number of hydrogen-bond acceptors (Lipinski definition) is 4. The molecule has 0 radical (unpaired) electrons. The van der Waals surface area contributed by atoms with Crippen molar-refractivity contribution in [2.24, 2.45) is 11.8 Å². The van der Waals surface area contributed by atoms with Crippen LogP contribution < -0.4 is 10.6 Å². The van der Waals surface area contributed by atoms with Gasteiger partial charge in [-0.25, -0.2) is 4.98 Å². The van der Waals surface area contributed by atoms with Crippen LogP contribution >= 0.6 is 12.4 Å². The molecule has 2 heterocycles. The van der Waals surface area contributed by atoms with E-state index in [-0.39, 0.29) is 18.3 Å². The lowest BCUT2D eigenvalue weighted by molar-refractivity contribution is -0.117. The van der Waals surface area contributed by atoms with E-state index in [1.807, 2.05) is 18.2 Å².